The predicted molar refractivity (Wildman–Crippen MR) is 141 cm³/mol. The standard InChI is InChI=1S/C27H44ClNO7/c1-32-18-19-36-23-21-34-16-12-26(30)11-8-24-6-9-25(10-7-24)27(31)29-14-17-35-22-20-33-15-5-3-2-4-13-28/h6-7,9-10H,2-5,8,11-23H2,1H3,(H,29,31). The molecule has 0 unspecified atom stereocenters. The topological polar surface area (TPSA) is 92.3 Å². The van der Waals surface area contributed by atoms with Gasteiger partial charge in [0.05, 0.1) is 52.9 Å². The van der Waals surface area contributed by atoms with Gasteiger partial charge in [0, 0.05) is 44.5 Å². The van der Waals surface area contributed by atoms with Gasteiger partial charge in [-0.15, -0.1) is 11.6 Å². The summed E-state index contributed by atoms with van der Waals surface area (Å²) >= 11 is 5.65. The average Bonchev–Trinajstić information content (AvgIpc) is 2.89. The quantitative estimate of drug-likeness (QED) is 0.152. The number of nitrogens with one attached hydrogen (secondary N) is 1. The van der Waals surface area contributed by atoms with E-state index in [-0.39, 0.29) is 11.7 Å². The van der Waals surface area contributed by atoms with Gasteiger partial charge < -0.3 is 29.0 Å². The van der Waals surface area contributed by atoms with E-state index in [0.717, 1.165) is 43.7 Å². The molecular weight excluding hydrogens is 486 g/mol. The van der Waals surface area contributed by atoms with Crippen molar-refractivity contribution < 1.29 is 33.3 Å². The van der Waals surface area contributed by atoms with Gasteiger partial charge in [0.1, 0.15) is 5.78 Å². The van der Waals surface area contributed by atoms with Crippen LogP contribution in [0.4, 0.5) is 0 Å². The Balaban J connectivity index is 2.03. The van der Waals surface area contributed by atoms with Gasteiger partial charge in [0.15, 0.2) is 0 Å². The van der Waals surface area contributed by atoms with E-state index in [0.29, 0.717) is 84.2 Å². The Hall–Kier alpha value is -1.55. The molecule has 8 nitrogen and oxygen atoms in total. The highest BCUT2D eigenvalue weighted by Crippen LogP contribution is 2.08. The second-order valence-electron chi connectivity index (χ2n) is 8.29. The number of ether oxygens (including phenoxy) is 5. The average molecular weight is 530 g/mol. The van der Waals surface area contributed by atoms with Crippen molar-refractivity contribution in [2.75, 3.05) is 79.0 Å². The smallest absolute Gasteiger partial charge is 0.251 e. The van der Waals surface area contributed by atoms with Gasteiger partial charge in [-0.2, -0.15) is 0 Å². The molecule has 0 atom stereocenters. The number of rotatable bonds is 25. The minimum atomic E-state index is -0.141. The first-order valence-electron chi connectivity index (χ1n) is 12.9. The third-order valence-corrected chi connectivity index (χ3v) is 5.58. The molecule has 9 heteroatoms. The number of aryl methyl sites for hydroxylation is 1. The Kier molecular flexibility index (Phi) is 21.5. The van der Waals surface area contributed by atoms with Crippen LogP contribution in [-0.2, 0) is 34.9 Å². The van der Waals surface area contributed by atoms with Gasteiger partial charge in [0.25, 0.3) is 5.91 Å². The Morgan fingerprint density at radius 1 is 0.722 bits per heavy atom. The number of hydrogen-bond acceptors (Lipinski definition) is 7. The van der Waals surface area contributed by atoms with Crippen LogP contribution >= 0.6 is 11.6 Å². The van der Waals surface area contributed by atoms with Crippen molar-refractivity contribution in [3.05, 3.63) is 35.4 Å². The van der Waals surface area contributed by atoms with Gasteiger partial charge in [-0.05, 0) is 37.0 Å². The molecule has 1 rings (SSSR count). The molecule has 36 heavy (non-hydrogen) atoms. The highest BCUT2D eigenvalue weighted by Gasteiger charge is 2.07. The lowest BCUT2D eigenvalue weighted by Crippen LogP contribution is -2.27. The first-order valence-corrected chi connectivity index (χ1v) is 13.5. The molecule has 0 fully saturated rings. The molecule has 0 saturated carbocycles. The van der Waals surface area contributed by atoms with Gasteiger partial charge in [-0.1, -0.05) is 25.0 Å². The first-order chi connectivity index (χ1) is 17.7. The first kappa shape index (κ1) is 32.5. The van der Waals surface area contributed by atoms with Gasteiger partial charge in [0.2, 0.25) is 0 Å². The fourth-order valence-electron chi connectivity index (χ4n) is 3.19. The molecule has 1 N–H and O–H groups in total. The lowest BCUT2D eigenvalue weighted by molar-refractivity contribution is -0.120. The van der Waals surface area contributed by atoms with Crippen LogP contribution in [0, 0.1) is 0 Å². The lowest BCUT2D eigenvalue weighted by Gasteiger charge is -2.08. The van der Waals surface area contributed by atoms with Crippen molar-refractivity contribution in [2.45, 2.75) is 44.9 Å². The van der Waals surface area contributed by atoms with Crippen molar-refractivity contribution >= 4 is 23.3 Å². The molecule has 0 aliphatic carbocycles. The summed E-state index contributed by atoms with van der Waals surface area (Å²) in [4.78, 5) is 24.3. The van der Waals surface area contributed by atoms with Crippen molar-refractivity contribution in [1.29, 1.82) is 0 Å². The van der Waals surface area contributed by atoms with E-state index < -0.39 is 0 Å². The van der Waals surface area contributed by atoms with Gasteiger partial charge in [-0.3, -0.25) is 9.59 Å². The van der Waals surface area contributed by atoms with E-state index >= 15 is 0 Å². The lowest BCUT2D eigenvalue weighted by atomic mass is 10.0. The molecule has 1 amide bonds. The van der Waals surface area contributed by atoms with Crippen LogP contribution in [0.2, 0.25) is 0 Å². The maximum absolute atomic E-state index is 12.3. The van der Waals surface area contributed by atoms with Crippen LogP contribution in [0.15, 0.2) is 24.3 Å². The summed E-state index contributed by atoms with van der Waals surface area (Å²) in [6.07, 6.45) is 5.88. The van der Waals surface area contributed by atoms with Crippen LogP contribution in [0.25, 0.3) is 0 Å². The summed E-state index contributed by atoms with van der Waals surface area (Å²) in [7, 11) is 1.63. The predicted octanol–water partition coefficient (Wildman–Crippen LogP) is 3.82. The van der Waals surface area contributed by atoms with E-state index in [9.17, 15) is 9.59 Å². The molecule has 1 aromatic rings. The van der Waals surface area contributed by atoms with Crippen molar-refractivity contribution in [3.63, 3.8) is 0 Å². The van der Waals surface area contributed by atoms with Crippen LogP contribution in [0.1, 0.15) is 54.4 Å². The molecule has 0 aromatic heterocycles. The Bertz CT molecular complexity index is 673. The molecule has 0 bridgehead atoms. The minimum Gasteiger partial charge on any atom is -0.382 e. The largest absolute Gasteiger partial charge is 0.382 e. The van der Waals surface area contributed by atoms with Crippen molar-refractivity contribution in [3.8, 4) is 0 Å². The second kappa shape index (κ2) is 23.8. The monoisotopic (exact) mass is 529 g/mol. The number of amides is 1. The molecule has 0 saturated heterocycles. The maximum Gasteiger partial charge on any atom is 0.251 e. The number of carbonyl (C=O) groups excluding carboxylic acids is 2. The number of hydrogen-bond donors (Lipinski definition) is 1. The van der Waals surface area contributed by atoms with Crippen molar-refractivity contribution in [2.24, 2.45) is 0 Å². The summed E-state index contributed by atoms with van der Waals surface area (Å²) in [6.45, 7) is 5.17. The number of Topliss-reactive ketones (excluding diaryl/α,β-unsaturated/α-hetero) is 1. The van der Waals surface area contributed by atoms with E-state index in [2.05, 4.69) is 5.32 Å². The highest BCUT2D eigenvalue weighted by molar-refractivity contribution is 6.17. The summed E-state index contributed by atoms with van der Waals surface area (Å²) in [5.74, 6) is 0.742. The fourth-order valence-corrected chi connectivity index (χ4v) is 3.38. The summed E-state index contributed by atoms with van der Waals surface area (Å²) in [5, 5.41) is 2.85. The van der Waals surface area contributed by atoms with Crippen LogP contribution < -0.4 is 5.32 Å². The molecule has 1 aromatic carbocycles. The van der Waals surface area contributed by atoms with Crippen LogP contribution in [0.3, 0.4) is 0 Å². The normalized spacial score (nSPS) is 11.1. The zero-order valence-electron chi connectivity index (χ0n) is 21.8. The molecule has 0 radical (unpaired) electrons. The van der Waals surface area contributed by atoms with Gasteiger partial charge >= 0.3 is 0 Å². The summed E-state index contributed by atoms with van der Waals surface area (Å²) in [6, 6.07) is 7.34. The molecular formula is C27H44ClNO7. The van der Waals surface area contributed by atoms with Gasteiger partial charge in [-0.25, -0.2) is 0 Å². The zero-order chi connectivity index (χ0) is 26.1. The molecule has 0 aliphatic rings. The molecule has 0 heterocycles. The maximum atomic E-state index is 12.3. The third kappa shape index (κ3) is 18.7. The number of ketones is 1. The minimum absolute atomic E-state index is 0.141. The Morgan fingerprint density at radius 3 is 2.03 bits per heavy atom. The number of halogens is 1. The number of carbonyl (C=O) groups is 2. The SMILES string of the molecule is COCCOCCOCCC(=O)CCc1ccc(C(=O)NCCOCCOCCCCCCCl)cc1. The fraction of sp³-hybridized carbons (Fsp3) is 0.704. The third-order valence-electron chi connectivity index (χ3n) is 5.31. The van der Waals surface area contributed by atoms with Crippen LogP contribution in [-0.4, -0.2) is 90.7 Å². The van der Waals surface area contributed by atoms with E-state index in [4.69, 9.17) is 35.3 Å². The Morgan fingerprint density at radius 2 is 1.33 bits per heavy atom. The number of unbranched alkanes of at least 4 members (excludes halogenated alkanes) is 3. The number of benzene rings is 1. The second-order valence-corrected chi connectivity index (χ2v) is 8.66. The summed E-state index contributed by atoms with van der Waals surface area (Å²) in [5.41, 5.74) is 1.61. The molecule has 0 spiro atoms. The van der Waals surface area contributed by atoms with E-state index in [1.54, 1.807) is 19.2 Å². The Labute approximate surface area is 221 Å². The molecule has 0 aliphatic heterocycles. The van der Waals surface area contributed by atoms with E-state index in [1.807, 2.05) is 12.1 Å². The van der Waals surface area contributed by atoms with E-state index in [1.165, 1.54) is 0 Å². The molecule has 206 valence electrons. The number of alkyl halides is 1. The summed E-state index contributed by atoms with van der Waals surface area (Å²) < 4.78 is 26.6. The number of methoxy groups -OCH3 is 1. The van der Waals surface area contributed by atoms with Crippen molar-refractivity contribution in [1.82, 2.24) is 5.32 Å². The highest BCUT2D eigenvalue weighted by atomic mass is 35.5. The van der Waals surface area contributed by atoms with Crippen LogP contribution in [0.5, 0.6) is 0 Å². The zero-order valence-corrected chi connectivity index (χ0v) is 22.5.